The van der Waals surface area contributed by atoms with Crippen molar-refractivity contribution < 1.29 is 0 Å². The molecule has 0 atom stereocenters. The summed E-state index contributed by atoms with van der Waals surface area (Å²) in [5, 5.41) is 6.63. The minimum atomic E-state index is 0.995. The highest BCUT2D eigenvalue weighted by atomic mass is 32.2. The van der Waals surface area contributed by atoms with Crippen LogP contribution in [0.5, 0.6) is 0 Å². The summed E-state index contributed by atoms with van der Waals surface area (Å²) in [6, 6.07) is 17.2. The van der Waals surface area contributed by atoms with Crippen molar-refractivity contribution in [2.75, 3.05) is 0 Å². The summed E-state index contributed by atoms with van der Waals surface area (Å²) >= 11 is 3.30. The van der Waals surface area contributed by atoms with Gasteiger partial charge in [0.05, 0.1) is 0 Å². The van der Waals surface area contributed by atoms with E-state index in [1.54, 1.807) is 23.5 Å². The zero-order valence-electron chi connectivity index (χ0n) is 18.5. The van der Waals surface area contributed by atoms with Crippen LogP contribution in [0.4, 0.5) is 0 Å². The third-order valence-electron chi connectivity index (χ3n) is 4.84. The Hall–Kier alpha value is -1.74. The van der Waals surface area contributed by atoms with E-state index in [4.69, 9.17) is 0 Å². The second kappa shape index (κ2) is 16.0. The Morgan fingerprint density at radius 3 is 1.43 bits per heavy atom. The van der Waals surface area contributed by atoms with Crippen LogP contribution in [0.25, 0.3) is 11.1 Å². The number of hydrogen-bond donors (Lipinski definition) is 0. The Labute approximate surface area is 193 Å². The molecule has 0 saturated carbocycles. The molecule has 2 aromatic carbocycles. The van der Waals surface area contributed by atoms with E-state index < -0.39 is 0 Å². The van der Waals surface area contributed by atoms with Crippen molar-refractivity contribution in [2.45, 2.75) is 87.8 Å². The molecule has 0 spiro atoms. The number of thioether (sulfide) groups is 2. The van der Waals surface area contributed by atoms with E-state index in [1.165, 1.54) is 72.3 Å². The van der Waals surface area contributed by atoms with Gasteiger partial charge in [-0.25, -0.2) is 0 Å². The maximum Gasteiger partial charge on any atom is 0.0282 e. The summed E-state index contributed by atoms with van der Waals surface area (Å²) in [6.07, 6.45) is 12.2. The maximum absolute atomic E-state index is 3.33. The predicted molar refractivity (Wildman–Crippen MR) is 137 cm³/mol. The maximum atomic E-state index is 3.33. The lowest BCUT2D eigenvalue weighted by molar-refractivity contribution is 0.680. The Balaban J connectivity index is 2.02. The van der Waals surface area contributed by atoms with E-state index in [0.29, 0.717) is 0 Å². The van der Waals surface area contributed by atoms with E-state index in [1.807, 2.05) is 0 Å². The van der Waals surface area contributed by atoms with E-state index >= 15 is 0 Å². The van der Waals surface area contributed by atoms with Gasteiger partial charge in [0.1, 0.15) is 0 Å². The molecule has 0 unspecified atom stereocenters. The average Bonchev–Trinajstić information content (AvgIpc) is 2.78. The van der Waals surface area contributed by atoms with Crippen LogP contribution in [0.1, 0.15) is 78.1 Å². The lowest BCUT2D eigenvalue weighted by Crippen LogP contribution is -1.84. The molecule has 0 bridgehead atoms. The van der Waals surface area contributed by atoms with E-state index in [0.717, 1.165) is 12.8 Å². The van der Waals surface area contributed by atoms with Gasteiger partial charge in [-0.2, -0.15) is 0 Å². The second-order valence-corrected chi connectivity index (χ2v) is 9.07. The first-order valence-electron chi connectivity index (χ1n) is 11.3. The third-order valence-corrected chi connectivity index (χ3v) is 6.49. The van der Waals surface area contributed by atoms with Gasteiger partial charge in [-0.05, 0) is 70.1 Å². The van der Waals surface area contributed by atoms with Crippen LogP contribution in [0.2, 0.25) is 0 Å². The Morgan fingerprint density at radius 1 is 0.567 bits per heavy atom. The molecule has 0 fully saturated rings. The number of benzene rings is 2. The van der Waals surface area contributed by atoms with Crippen molar-refractivity contribution in [3.63, 3.8) is 0 Å². The van der Waals surface area contributed by atoms with E-state index in [9.17, 15) is 0 Å². The lowest BCUT2D eigenvalue weighted by atomic mass is 10.1. The molecule has 0 heterocycles. The van der Waals surface area contributed by atoms with Crippen molar-refractivity contribution in [3.8, 4) is 33.5 Å². The predicted octanol–water partition coefficient (Wildman–Crippen LogP) is 9.40. The highest BCUT2D eigenvalue weighted by Gasteiger charge is 2.09. The van der Waals surface area contributed by atoms with Crippen LogP contribution in [-0.2, 0) is 0 Å². The fourth-order valence-electron chi connectivity index (χ4n) is 3.12. The molecule has 0 nitrogen and oxygen atoms in total. The quantitative estimate of drug-likeness (QED) is 0.196. The Bertz CT molecular complexity index is 788. The largest absolute Gasteiger partial charge is 0.0909 e. The first-order chi connectivity index (χ1) is 14.9. The SMILES string of the molecule is CCCCCCC#CSc1ccccc1-c1ccccc1SC#CCCCCCC. The number of unbranched alkanes of at least 4 members (excludes halogenated alkanes) is 8. The van der Waals surface area contributed by atoms with Gasteiger partial charge in [0.15, 0.2) is 0 Å². The zero-order valence-corrected chi connectivity index (χ0v) is 20.1. The van der Waals surface area contributed by atoms with Gasteiger partial charge in [-0.3, -0.25) is 0 Å². The molecule has 2 rings (SSSR count). The van der Waals surface area contributed by atoms with Crippen molar-refractivity contribution in [1.29, 1.82) is 0 Å². The highest BCUT2D eigenvalue weighted by molar-refractivity contribution is 8.04. The van der Waals surface area contributed by atoms with Gasteiger partial charge in [0.25, 0.3) is 0 Å². The van der Waals surface area contributed by atoms with Gasteiger partial charge in [0, 0.05) is 22.6 Å². The molecule has 0 saturated heterocycles. The summed E-state index contributed by atoms with van der Waals surface area (Å²) in [7, 11) is 0. The minimum Gasteiger partial charge on any atom is -0.0909 e. The molecule has 0 radical (unpaired) electrons. The zero-order chi connectivity index (χ0) is 21.3. The fourth-order valence-corrected chi connectivity index (χ4v) is 4.56. The van der Waals surface area contributed by atoms with Crippen LogP contribution in [0.3, 0.4) is 0 Å². The van der Waals surface area contributed by atoms with Gasteiger partial charge in [-0.1, -0.05) is 101 Å². The van der Waals surface area contributed by atoms with Crippen molar-refractivity contribution in [3.05, 3.63) is 48.5 Å². The second-order valence-electron chi connectivity index (χ2n) is 7.38. The lowest BCUT2D eigenvalue weighted by Gasteiger charge is -2.10. The van der Waals surface area contributed by atoms with Gasteiger partial charge in [-0.15, -0.1) is 0 Å². The fraction of sp³-hybridized carbons (Fsp3) is 0.429. The molecule has 30 heavy (non-hydrogen) atoms. The van der Waals surface area contributed by atoms with E-state index in [-0.39, 0.29) is 0 Å². The van der Waals surface area contributed by atoms with Gasteiger partial charge >= 0.3 is 0 Å². The molecule has 2 heteroatoms. The first kappa shape index (κ1) is 24.5. The Kier molecular flexibility index (Phi) is 13.1. The summed E-state index contributed by atoms with van der Waals surface area (Å²) < 4.78 is 0. The average molecular weight is 435 g/mol. The third kappa shape index (κ3) is 9.38. The molecule has 0 aromatic heterocycles. The van der Waals surface area contributed by atoms with Crippen molar-refractivity contribution in [2.24, 2.45) is 0 Å². The number of hydrogen-bond acceptors (Lipinski definition) is 2. The Morgan fingerprint density at radius 2 is 1.00 bits per heavy atom. The molecule has 0 amide bonds. The molecule has 0 aliphatic carbocycles. The molecule has 2 aromatic rings. The standard InChI is InChI=1S/C28H34S2/c1-3-5-7-9-11-17-23-29-27-21-15-13-19-25(27)26-20-14-16-22-28(26)30-24-18-12-10-8-6-4-2/h13-16,19-22H,3-12H2,1-2H3. The smallest absolute Gasteiger partial charge is 0.0282 e. The molecule has 0 N–H and O–H groups in total. The van der Waals surface area contributed by atoms with Crippen LogP contribution < -0.4 is 0 Å². The molecular weight excluding hydrogens is 400 g/mol. The molecule has 0 aliphatic rings. The molecular formula is C28H34S2. The molecule has 0 aliphatic heterocycles. The van der Waals surface area contributed by atoms with E-state index in [2.05, 4.69) is 84.7 Å². The van der Waals surface area contributed by atoms with Crippen LogP contribution in [0, 0.1) is 22.3 Å². The first-order valence-corrected chi connectivity index (χ1v) is 13.0. The van der Waals surface area contributed by atoms with Gasteiger partial charge < -0.3 is 0 Å². The number of rotatable bonds is 11. The summed E-state index contributed by atoms with van der Waals surface area (Å²) in [5.74, 6) is 6.67. The van der Waals surface area contributed by atoms with Gasteiger partial charge in [0.2, 0.25) is 0 Å². The van der Waals surface area contributed by atoms with Crippen molar-refractivity contribution in [1.82, 2.24) is 0 Å². The highest BCUT2D eigenvalue weighted by Crippen LogP contribution is 2.36. The van der Waals surface area contributed by atoms with Crippen LogP contribution >= 0.6 is 23.5 Å². The monoisotopic (exact) mass is 434 g/mol. The van der Waals surface area contributed by atoms with Crippen LogP contribution in [0.15, 0.2) is 58.3 Å². The summed E-state index contributed by atoms with van der Waals surface area (Å²) in [4.78, 5) is 2.44. The van der Waals surface area contributed by atoms with Crippen molar-refractivity contribution >= 4 is 23.5 Å². The topological polar surface area (TPSA) is 0 Å². The minimum absolute atomic E-state index is 0.995. The normalized spacial score (nSPS) is 10.1. The summed E-state index contributed by atoms with van der Waals surface area (Å²) in [5.41, 5.74) is 2.49. The molecule has 158 valence electrons. The van der Waals surface area contributed by atoms with Crippen LogP contribution in [-0.4, -0.2) is 0 Å². The summed E-state index contributed by atoms with van der Waals surface area (Å²) in [6.45, 7) is 4.49.